The molecule has 0 saturated heterocycles. The predicted octanol–water partition coefficient (Wildman–Crippen LogP) is 3.56. The van der Waals surface area contributed by atoms with E-state index in [2.05, 4.69) is 21.2 Å². The van der Waals surface area contributed by atoms with Gasteiger partial charge in [0.25, 0.3) is 0 Å². The van der Waals surface area contributed by atoms with Gasteiger partial charge in [0.2, 0.25) is 5.97 Å². The molecule has 0 unspecified atom stereocenters. The molecule has 1 aromatic carbocycles. The third kappa shape index (κ3) is 2.54. The number of para-hydroxylation sites is 1. The van der Waals surface area contributed by atoms with Crippen LogP contribution >= 0.6 is 15.9 Å². The first-order valence-electron chi connectivity index (χ1n) is 4.32. The normalized spacial score (nSPS) is 10.4. The zero-order valence-corrected chi connectivity index (χ0v) is 9.65. The SMILES string of the molecule is CC(C)Nc1c(Br)cccc1C(=N)F. The van der Waals surface area contributed by atoms with Crippen LogP contribution in [0.25, 0.3) is 0 Å². The number of anilines is 1. The average molecular weight is 259 g/mol. The van der Waals surface area contributed by atoms with Gasteiger partial charge < -0.3 is 5.32 Å². The zero-order valence-electron chi connectivity index (χ0n) is 8.07. The molecule has 76 valence electrons. The summed E-state index contributed by atoms with van der Waals surface area (Å²) in [6.45, 7) is 3.93. The molecule has 2 N–H and O–H groups in total. The molecule has 0 radical (unpaired) electrons. The molecule has 0 aliphatic heterocycles. The van der Waals surface area contributed by atoms with Crippen LogP contribution in [0.2, 0.25) is 0 Å². The Morgan fingerprint density at radius 2 is 2.14 bits per heavy atom. The first-order valence-corrected chi connectivity index (χ1v) is 5.11. The summed E-state index contributed by atoms with van der Waals surface area (Å²) in [5, 5.41) is 10.1. The zero-order chi connectivity index (χ0) is 10.7. The molecule has 1 aromatic rings. The Hall–Kier alpha value is -0.900. The molecule has 0 aliphatic rings. The number of nitrogens with one attached hydrogen (secondary N) is 2. The minimum absolute atomic E-state index is 0.201. The van der Waals surface area contributed by atoms with Crippen LogP contribution in [-0.4, -0.2) is 12.0 Å². The molecule has 1 rings (SSSR count). The van der Waals surface area contributed by atoms with Crippen LogP contribution in [0, 0.1) is 5.41 Å². The minimum Gasteiger partial charge on any atom is -0.381 e. The standard InChI is InChI=1S/C10H12BrFN2/c1-6(2)14-9-7(10(12)13)4-3-5-8(9)11/h3-6,13-14H,1-2H3. The highest BCUT2D eigenvalue weighted by molar-refractivity contribution is 9.10. The Kier molecular flexibility index (Phi) is 3.63. The predicted molar refractivity (Wildman–Crippen MR) is 60.8 cm³/mol. The Labute approximate surface area is 91.2 Å². The van der Waals surface area contributed by atoms with E-state index in [9.17, 15) is 4.39 Å². The number of benzene rings is 1. The van der Waals surface area contributed by atoms with Crippen molar-refractivity contribution in [3.8, 4) is 0 Å². The van der Waals surface area contributed by atoms with Crippen molar-refractivity contribution < 1.29 is 4.39 Å². The van der Waals surface area contributed by atoms with Crippen molar-refractivity contribution in [1.29, 1.82) is 5.41 Å². The van der Waals surface area contributed by atoms with E-state index in [0.717, 1.165) is 4.47 Å². The third-order valence-corrected chi connectivity index (χ3v) is 2.34. The maximum absolute atomic E-state index is 12.8. The molecule has 0 atom stereocenters. The Bertz CT molecular complexity index is 350. The van der Waals surface area contributed by atoms with Crippen LogP contribution in [0.15, 0.2) is 22.7 Å². The molecule has 0 spiro atoms. The van der Waals surface area contributed by atoms with Gasteiger partial charge in [0.1, 0.15) is 0 Å². The summed E-state index contributed by atoms with van der Waals surface area (Å²) in [6, 6.07) is 5.31. The van der Waals surface area contributed by atoms with Crippen molar-refractivity contribution in [2.45, 2.75) is 19.9 Å². The van der Waals surface area contributed by atoms with Crippen molar-refractivity contribution in [1.82, 2.24) is 0 Å². The van der Waals surface area contributed by atoms with Gasteiger partial charge in [-0.05, 0) is 41.9 Å². The van der Waals surface area contributed by atoms with Gasteiger partial charge in [-0.2, -0.15) is 4.39 Å². The number of hydrogen-bond acceptors (Lipinski definition) is 2. The van der Waals surface area contributed by atoms with Crippen LogP contribution in [0.3, 0.4) is 0 Å². The van der Waals surface area contributed by atoms with E-state index in [1.165, 1.54) is 0 Å². The quantitative estimate of drug-likeness (QED) is 0.800. The van der Waals surface area contributed by atoms with Crippen LogP contribution < -0.4 is 5.32 Å². The summed E-state index contributed by atoms with van der Waals surface area (Å²) in [6.07, 6.45) is 0. The van der Waals surface area contributed by atoms with E-state index in [1.807, 2.05) is 19.9 Å². The first-order chi connectivity index (χ1) is 6.52. The summed E-state index contributed by atoms with van der Waals surface area (Å²) in [4.78, 5) is 0. The molecule has 0 aliphatic carbocycles. The lowest BCUT2D eigenvalue weighted by Crippen LogP contribution is -2.13. The van der Waals surface area contributed by atoms with Crippen molar-refractivity contribution in [3.05, 3.63) is 28.2 Å². The molecular formula is C10H12BrFN2. The largest absolute Gasteiger partial charge is 0.381 e. The summed E-state index contributed by atoms with van der Waals surface area (Å²) in [5.74, 6) is -0.922. The van der Waals surface area contributed by atoms with Gasteiger partial charge in [-0.15, -0.1) is 0 Å². The van der Waals surface area contributed by atoms with Gasteiger partial charge in [-0.1, -0.05) is 6.07 Å². The molecule has 0 aromatic heterocycles. The number of rotatable bonds is 3. The topological polar surface area (TPSA) is 35.9 Å². The summed E-state index contributed by atoms with van der Waals surface area (Å²) in [5.41, 5.74) is 0.920. The molecule has 0 saturated carbocycles. The molecule has 2 nitrogen and oxygen atoms in total. The highest BCUT2D eigenvalue weighted by atomic mass is 79.9. The fourth-order valence-electron chi connectivity index (χ4n) is 1.14. The molecule has 0 amide bonds. The van der Waals surface area contributed by atoms with Crippen molar-refractivity contribution in [2.24, 2.45) is 0 Å². The third-order valence-electron chi connectivity index (χ3n) is 1.68. The minimum atomic E-state index is -0.922. The lowest BCUT2D eigenvalue weighted by molar-refractivity contribution is 0.796. The molecule has 4 heteroatoms. The van der Waals surface area contributed by atoms with E-state index in [1.54, 1.807) is 12.1 Å². The molecular weight excluding hydrogens is 247 g/mol. The van der Waals surface area contributed by atoms with Crippen LogP contribution in [0.5, 0.6) is 0 Å². The fraction of sp³-hybridized carbons (Fsp3) is 0.300. The summed E-state index contributed by atoms with van der Waals surface area (Å²) in [7, 11) is 0. The van der Waals surface area contributed by atoms with E-state index < -0.39 is 5.97 Å². The van der Waals surface area contributed by atoms with E-state index in [-0.39, 0.29) is 11.6 Å². The van der Waals surface area contributed by atoms with Crippen molar-refractivity contribution >= 4 is 27.6 Å². The molecule has 0 heterocycles. The van der Waals surface area contributed by atoms with E-state index in [0.29, 0.717) is 5.69 Å². The molecule has 14 heavy (non-hydrogen) atoms. The Morgan fingerprint density at radius 1 is 1.50 bits per heavy atom. The van der Waals surface area contributed by atoms with Crippen LogP contribution in [0.1, 0.15) is 19.4 Å². The van der Waals surface area contributed by atoms with Gasteiger partial charge >= 0.3 is 0 Å². The van der Waals surface area contributed by atoms with Crippen molar-refractivity contribution in [2.75, 3.05) is 5.32 Å². The lowest BCUT2D eigenvalue weighted by atomic mass is 10.1. The van der Waals surface area contributed by atoms with Crippen LogP contribution in [0.4, 0.5) is 10.1 Å². The Balaban J connectivity index is 3.15. The second-order valence-corrected chi connectivity index (χ2v) is 4.13. The van der Waals surface area contributed by atoms with E-state index in [4.69, 9.17) is 5.41 Å². The van der Waals surface area contributed by atoms with Crippen molar-refractivity contribution in [3.63, 3.8) is 0 Å². The van der Waals surface area contributed by atoms with Gasteiger partial charge in [0.05, 0.1) is 11.3 Å². The van der Waals surface area contributed by atoms with Gasteiger partial charge in [-0.3, -0.25) is 5.41 Å². The van der Waals surface area contributed by atoms with Crippen LogP contribution in [-0.2, 0) is 0 Å². The highest BCUT2D eigenvalue weighted by Gasteiger charge is 2.10. The second kappa shape index (κ2) is 4.55. The highest BCUT2D eigenvalue weighted by Crippen LogP contribution is 2.27. The fourth-order valence-corrected chi connectivity index (χ4v) is 1.62. The Morgan fingerprint density at radius 3 is 2.64 bits per heavy atom. The molecule has 0 bridgehead atoms. The monoisotopic (exact) mass is 258 g/mol. The lowest BCUT2D eigenvalue weighted by Gasteiger charge is -2.14. The van der Waals surface area contributed by atoms with Gasteiger partial charge in [0, 0.05) is 10.5 Å². The summed E-state index contributed by atoms with van der Waals surface area (Å²) >= 11 is 3.32. The van der Waals surface area contributed by atoms with E-state index >= 15 is 0 Å². The molecule has 0 fully saturated rings. The summed E-state index contributed by atoms with van der Waals surface area (Å²) < 4.78 is 13.6. The number of hydrogen-bond donors (Lipinski definition) is 2. The number of halogens is 2. The smallest absolute Gasteiger partial charge is 0.214 e. The van der Waals surface area contributed by atoms with Gasteiger partial charge in [-0.25, -0.2) is 0 Å². The second-order valence-electron chi connectivity index (χ2n) is 3.28. The van der Waals surface area contributed by atoms with Gasteiger partial charge in [0.15, 0.2) is 0 Å². The maximum atomic E-state index is 12.8. The first kappa shape index (κ1) is 11.2. The average Bonchev–Trinajstić information content (AvgIpc) is 2.07. The maximum Gasteiger partial charge on any atom is 0.214 e.